The maximum atomic E-state index is 13.6. The number of nitrogens with two attached hydrogens (primary N) is 1. The second kappa shape index (κ2) is 8.78. The van der Waals surface area contributed by atoms with Crippen molar-refractivity contribution in [3.05, 3.63) is 29.3 Å². The normalized spacial score (nSPS) is 23.0. The van der Waals surface area contributed by atoms with E-state index in [4.69, 9.17) is 10.5 Å². The molecule has 31 heavy (non-hydrogen) atoms. The molecule has 2 aliphatic heterocycles. The fourth-order valence-corrected chi connectivity index (χ4v) is 6.27. The molecule has 2 fully saturated rings. The van der Waals surface area contributed by atoms with Gasteiger partial charge in [0.1, 0.15) is 5.60 Å². The molecule has 0 spiro atoms. The number of likely N-dealkylation sites (tertiary alicyclic amines) is 1. The molecule has 2 heterocycles. The molecule has 2 atom stereocenters. The van der Waals surface area contributed by atoms with Gasteiger partial charge in [-0.2, -0.15) is 4.31 Å². The number of rotatable bonds is 4. The maximum Gasteiger partial charge on any atom is 0.410 e. The lowest BCUT2D eigenvalue weighted by molar-refractivity contribution is 0.0145. The zero-order chi connectivity index (χ0) is 23.0. The Kier molecular flexibility index (Phi) is 6.67. The topological polar surface area (TPSA) is 110 Å². The van der Waals surface area contributed by atoms with Gasteiger partial charge in [-0.15, -0.1) is 0 Å². The quantitative estimate of drug-likeness (QED) is 0.757. The van der Waals surface area contributed by atoms with Gasteiger partial charge in [-0.3, -0.25) is 4.79 Å². The van der Waals surface area contributed by atoms with Crippen LogP contribution in [0.2, 0.25) is 0 Å². The van der Waals surface area contributed by atoms with Gasteiger partial charge in [0, 0.05) is 24.7 Å². The van der Waals surface area contributed by atoms with Crippen molar-refractivity contribution in [3.8, 4) is 0 Å². The summed E-state index contributed by atoms with van der Waals surface area (Å²) in [5.41, 5.74) is 5.65. The Balaban J connectivity index is 1.92. The monoisotopic (exact) mass is 451 g/mol. The molecule has 2 saturated heterocycles. The van der Waals surface area contributed by atoms with Crippen molar-refractivity contribution in [3.63, 3.8) is 0 Å². The summed E-state index contributed by atoms with van der Waals surface area (Å²) in [6, 6.07) is 3.93. The Hall–Kier alpha value is -2.13. The van der Waals surface area contributed by atoms with E-state index in [1.54, 1.807) is 17.9 Å². The number of hydrogen-bond acceptors (Lipinski definition) is 5. The minimum absolute atomic E-state index is 0.0561. The molecule has 0 aliphatic carbocycles. The number of hydrogen-bond donors (Lipinski definition) is 1. The van der Waals surface area contributed by atoms with E-state index in [1.165, 1.54) is 16.4 Å². The number of ether oxygens (including phenoxy) is 1. The first-order chi connectivity index (χ1) is 14.4. The summed E-state index contributed by atoms with van der Waals surface area (Å²) in [7, 11) is -3.86. The van der Waals surface area contributed by atoms with Crippen LogP contribution in [-0.4, -0.2) is 60.4 Å². The highest BCUT2D eigenvalue weighted by molar-refractivity contribution is 7.89. The van der Waals surface area contributed by atoms with Crippen LogP contribution >= 0.6 is 0 Å². The van der Waals surface area contributed by atoms with E-state index in [0.29, 0.717) is 25.1 Å². The van der Waals surface area contributed by atoms with Gasteiger partial charge in [-0.25, -0.2) is 13.2 Å². The number of carbonyl (C=O) groups is 2. The average Bonchev–Trinajstić information content (AvgIpc) is 3.16. The SMILES string of the molecule is Cc1ccc(S(=O)(=O)N2CCCC[C@H]2[C@H]2CCCN2C(=O)OC(C)(C)C)cc1C(N)=O. The summed E-state index contributed by atoms with van der Waals surface area (Å²) in [5.74, 6) is -0.656. The fraction of sp³-hybridized carbons (Fsp3) is 0.636. The number of nitrogens with zero attached hydrogens (tertiary/aromatic N) is 2. The van der Waals surface area contributed by atoms with Crippen molar-refractivity contribution in [1.29, 1.82) is 0 Å². The molecular weight excluding hydrogens is 418 g/mol. The molecule has 2 amide bonds. The third kappa shape index (κ3) is 5.03. The minimum atomic E-state index is -3.86. The fourth-order valence-electron chi connectivity index (χ4n) is 4.52. The molecule has 1 aromatic rings. The second-order valence-electron chi connectivity index (χ2n) is 9.40. The van der Waals surface area contributed by atoms with E-state index in [2.05, 4.69) is 0 Å². The Morgan fingerprint density at radius 1 is 1.06 bits per heavy atom. The molecule has 0 saturated carbocycles. The highest BCUT2D eigenvalue weighted by Gasteiger charge is 2.44. The van der Waals surface area contributed by atoms with E-state index in [-0.39, 0.29) is 22.5 Å². The van der Waals surface area contributed by atoms with E-state index >= 15 is 0 Å². The lowest BCUT2D eigenvalue weighted by Gasteiger charge is -2.41. The molecule has 2 N–H and O–H groups in total. The van der Waals surface area contributed by atoms with E-state index < -0.39 is 27.6 Å². The standard InChI is InChI=1S/C22H33N3O5S/c1-15-10-11-16(14-17(15)20(23)26)31(28,29)25-13-6-5-8-19(25)18-9-7-12-24(18)21(27)30-22(2,3)4/h10-11,14,18-19H,5-9,12-13H2,1-4H3,(H2,23,26)/t18-,19+/m1/s1. The zero-order valence-corrected chi connectivity index (χ0v) is 19.6. The van der Waals surface area contributed by atoms with Gasteiger partial charge in [0.05, 0.1) is 10.9 Å². The molecule has 3 rings (SSSR count). The van der Waals surface area contributed by atoms with E-state index in [1.807, 2.05) is 20.8 Å². The van der Waals surface area contributed by atoms with Gasteiger partial charge in [-0.1, -0.05) is 12.5 Å². The summed E-state index contributed by atoms with van der Waals surface area (Å²) < 4.78 is 34.3. The summed E-state index contributed by atoms with van der Waals surface area (Å²) in [6.45, 7) is 8.12. The molecule has 0 radical (unpaired) electrons. The summed E-state index contributed by atoms with van der Waals surface area (Å²) in [6.07, 6.45) is 3.47. The lowest BCUT2D eigenvalue weighted by atomic mass is 9.96. The second-order valence-corrected chi connectivity index (χ2v) is 11.3. The van der Waals surface area contributed by atoms with Crippen LogP contribution in [-0.2, 0) is 14.8 Å². The largest absolute Gasteiger partial charge is 0.444 e. The zero-order valence-electron chi connectivity index (χ0n) is 18.8. The number of sulfonamides is 1. The smallest absolute Gasteiger partial charge is 0.410 e. The predicted molar refractivity (Wildman–Crippen MR) is 117 cm³/mol. The minimum Gasteiger partial charge on any atom is -0.444 e. The van der Waals surface area contributed by atoms with Crippen LogP contribution in [0.4, 0.5) is 4.79 Å². The average molecular weight is 452 g/mol. The van der Waals surface area contributed by atoms with Crippen molar-refractivity contribution in [2.75, 3.05) is 13.1 Å². The number of carbonyl (C=O) groups excluding carboxylic acids is 2. The van der Waals surface area contributed by atoms with Gasteiger partial charge in [0.25, 0.3) is 0 Å². The Morgan fingerprint density at radius 2 is 1.74 bits per heavy atom. The Labute approximate surface area is 184 Å². The van der Waals surface area contributed by atoms with Crippen LogP contribution < -0.4 is 5.73 Å². The maximum absolute atomic E-state index is 13.6. The van der Waals surface area contributed by atoms with Crippen LogP contribution in [0.1, 0.15) is 68.8 Å². The Morgan fingerprint density at radius 3 is 2.39 bits per heavy atom. The van der Waals surface area contributed by atoms with E-state index in [9.17, 15) is 18.0 Å². The Bertz CT molecular complexity index is 954. The summed E-state index contributed by atoms with van der Waals surface area (Å²) in [4.78, 5) is 26.3. The molecule has 2 aliphatic rings. The van der Waals surface area contributed by atoms with Crippen LogP contribution in [0.15, 0.2) is 23.1 Å². The van der Waals surface area contributed by atoms with E-state index in [0.717, 1.165) is 25.7 Å². The van der Waals surface area contributed by atoms with Gasteiger partial charge < -0.3 is 15.4 Å². The molecule has 0 aromatic heterocycles. The highest BCUT2D eigenvalue weighted by Crippen LogP contribution is 2.34. The van der Waals surface area contributed by atoms with Crippen LogP contribution in [0.3, 0.4) is 0 Å². The number of primary amides is 1. The first-order valence-electron chi connectivity index (χ1n) is 10.8. The first kappa shape index (κ1) is 23.5. The highest BCUT2D eigenvalue weighted by atomic mass is 32.2. The van der Waals surface area contributed by atoms with Gasteiger partial charge in [0.15, 0.2) is 0 Å². The van der Waals surface area contributed by atoms with Gasteiger partial charge in [-0.05, 0) is 71.1 Å². The van der Waals surface area contributed by atoms with Crippen LogP contribution in [0, 0.1) is 6.92 Å². The molecular formula is C22H33N3O5S. The number of benzene rings is 1. The van der Waals surface area contributed by atoms with Crippen molar-refractivity contribution >= 4 is 22.0 Å². The third-order valence-corrected chi connectivity index (χ3v) is 7.87. The van der Waals surface area contributed by atoms with Crippen molar-refractivity contribution in [2.45, 2.75) is 82.4 Å². The van der Waals surface area contributed by atoms with Crippen molar-refractivity contribution in [1.82, 2.24) is 9.21 Å². The van der Waals surface area contributed by atoms with Crippen molar-refractivity contribution < 1.29 is 22.7 Å². The predicted octanol–water partition coefficient (Wildman–Crippen LogP) is 3.04. The molecule has 8 nitrogen and oxygen atoms in total. The number of aryl methyl sites for hydroxylation is 1. The molecule has 9 heteroatoms. The van der Waals surface area contributed by atoms with Gasteiger partial charge in [0.2, 0.25) is 15.9 Å². The molecule has 172 valence electrons. The number of piperidine rings is 1. The molecule has 0 bridgehead atoms. The third-order valence-electron chi connectivity index (χ3n) is 5.95. The lowest BCUT2D eigenvalue weighted by Crippen LogP contribution is -2.55. The number of amides is 2. The van der Waals surface area contributed by atoms with Crippen molar-refractivity contribution in [2.24, 2.45) is 5.73 Å². The van der Waals surface area contributed by atoms with Crippen LogP contribution in [0.25, 0.3) is 0 Å². The first-order valence-corrected chi connectivity index (χ1v) is 12.3. The molecule has 1 aromatic carbocycles. The molecule has 0 unspecified atom stereocenters. The summed E-state index contributed by atoms with van der Waals surface area (Å²) in [5, 5.41) is 0. The van der Waals surface area contributed by atoms with Gasteiger partial charge >= 0.3 is 6.09 Å². The summed E-state index contributed by atoms with van der Waals surface area (Å²) >= 11 is 0. The van der Waals surface area contributed by atoms with Crippen LogP contribution in [0.5, 0.6) is 0 Å².